The summed E-state index contributed by atoms with van der Waals surface area (Å²) in [5, 5.41) is 12.2. The van der Waals surface area contributed by atoms with E-state index in [9.17, 15) is 14.7 Å². The highest BCUT2D eigenvalue weighted by Gasteiger charge is 2.25. The zero-order valence-corrected chi connectivity index (χ0v) is 13.9. The topological polar surface area (TPSA) is 75.6 Å². The van der Waals surface area contributed by atoms with Gasteiger partial charge in [-0.05, 0) is 42.0 Å². The third kappa shape index (κ3) is 4.08. The normalized spacial score (nSPS) is 19.0. The van der Waals surface area contributed by atoms with E-state index in [-0.39, 0.29) is 5.91 Å². The zero-order valence-electron chi connectivity index (χ0n) is 13.9. The molecule has 3 rings (SSSR count). The Bertz CT molecular complexity index is 605. The molecule has 0 bridgehead atoms. The third-order valence-electron chi connectivity index (χ3n) is 5.05. The molecule has 24 heavy (non-hydrogen) atoms. The average Bonchev–Trinajstić information content (AvgIpc) is 2.88. The fourth-order valence-electron chi connectivity index (χ4n) is 3.72. The summed E-state index contributed by atoms with van der Waals surface area (Å²) in [6.07, 6.45) is 8.18. The van der Waals surface area contributed by atoms with Gasteiger partial charge in [0.25, 0.3) is 0 Å². The van der Waals surface area contributed by atoms with E-state index in [0.717, 1.165) is 30.6 Å². The van der Waals surface area contributed by atoms with Crippen molar-refractivity contribution < 1.29 is 19.4 Å². The van der Waals surface area contributed by atoms with Crippen LogP contribution in [0.3, 0.4) is 0 Å². The molecular formula is C19H25NO4. The summed E-state index contributed by atoms with van der Waals surface area (Å²) < 4.78 is 5.45. The number of carboxylic acids is 1. The summed E-state index contributed by atoms with van der Waals surface area (Å²) in [4.78, 5) is 24.0. The number of nitrogens with one attached hydrogen (secondary N) is 1. The maximum absolute atomic E-state index is 12.3. The number of hydrogen-bond acceptors (Lipinski definition) is 3. The number of carboxylic acid groups (broad SMARTS) is 1. The molecule has 1 heterocycles. The van der Waals surface area contributed by atoms with Gasteiger partial charge in [-0.1, -0.05) is 31.7 Å². The Labute approximate surface area is 142 Å². The first-order chi connectivity index (χ1) is 11.6. The fraction of sp³-hybridized carbons (Fsp3) is 0.579. The molecule has 130 valence electrons. The smallest absolute Gasteiger partial charge is 0.330 e. The van der Waals surface area contributed by atoms with Crippen LogP contribution in [0.5, 0.6) is 5.75 Å². The van der Waals surface area contributed by atoms with Gasteiger partial charge >= 0.3 is 5.97 Å². The molecule has 1 aromatic rings. The van der Waals surface area contributed by atoms with Gasteiger partial charge in [0.05, 0.1) is 6.61 Å². The summed E-state index contributed by atoms with van der Waals surface area (Å²) in [6, 6.07) is 4.38. The Hall–Kier alpha value is -2.04. The van der Waals surface area contributed by atoms with E-state index in [4.69, 9.17) is 4.74 Å². The van der Waals surface area contributed by atoms with Crippen LogP contribution in [0.1, 0.15) is 62.1 Å². The average molecular weight is 331 g/mol. The molecular weight excluding hydrogens is 306 g/mol. The van der Waals surface area contributed by atoms with Crippen LogP contribution >= 0.6 is 0 Å². The second kappa shape index (κ2) is 7.69. The van der Waals surface area contributed by atoms with Gasteiger partial charge < -0.3 is 15.2 Å². The Morgan fingerprint density at radius 3 is 2.67 bits per heavy atom. The lowest BCUT2D eigenvalue weighted by molar-refractivity contribution is -0.142. The number of amides is 1. The van der Waals surface area contributed by atoms with Crippen molar-refractivity contribution in [1.82, 2.24) is 5.32 Å². The van der Waals surface area contributed by atoms with Crippen LogP contribution in [0.2, 0.25) is 0 Å². The molecule has 0 saturated heterocycles. The highest BCUT2D eigenvalue weighted by atomic mass is 16.5. The van der Waals surface area contributed by atoms with Crippen molar-refractivity contribution in [1.29, 1.82) is 0 Å². The molecule has 1 atom stereocenters. The third-order valence-corrected chi connectivity index (χ3v) is 5.05. The lowest BCUT2D eigenvalue weighted by Gasteiger charge is -2.18. The quantitative estimate of drug-likeness (QED) is 0.812. The minimum atomic E-state index is -1.02. The molecule has 1 aliphatic carbocycles. The molecule has 1 amide bonds. The first kappa shape index (κ1) is 16.8. The molecule has 0 spiro atoms. The van der Waals surface area contributed by atoms with Crippen LogP contribution in [0.4, 0.5) is 0 Å². The highest BCUT2D eigenvalue weighted by Crippen LogP contribution is 2.29. The number of carbonyl (C=O) groups is 2. The first-order valence-corrected chi connectivity index (χ1v) is 8.91. The predicted molar refractivity (Wildman–Crippen MR) is 90.0 cm³/mol. The Kier molecular flexibility index (Phi) is 5.38. The Morgan fingerprint density at radius 1 is 1.21 bits per heavy atom. The molecule has 1 saturated carbocycles. The lowest BCUT2D eigenvalue weighted by atomic mass is 9.95. The lowest BCUT2D eigenvalue weighted by Crippen LogP contribution is -2.34. The van der Waals surface area contributed by atoms with Gasteiger partial charge in [-0.3, -0.25) is 4.79 Å². The molecule has 5 nitrogen and oxygen atoms in total. The largest absolute Gasteiger partial charge is 0.493 e. The summed E-state index contributed by atoms with van der Waals surface area (Å²) >= 11 is 0. The van der Waals surface area contributed by atoms with Gasteiger partial charge in [-0.25, -0.2) is 4.79 Å². The van der Waals surface area contributed by atoms with Crippen molar-refractivity contribution in [2.75, 3.05) is 6.61 Å². The van der Waals surface area contributed by atoms with E-state index in [1.54, 1.807) is 12.1 Å². The van der Waals surface area contributed by atoms with E-state index >= 15 is 0 Å². The Morgan fingerprint density at radius 2 is 1.96 bits per heavy atom. The molecule has 0 aromatic heterocycles. The molecule has 1 aromatic carbocycles. The molecule has 2 aliphatic rings. The molecule has 1 fully saturated rings. The summed E-state index contributed by atoms with van der Waals surface area (Å²) in [7, 11) is 0. The van der Waals surface area contributed by atoms with Crippen LogP contribution in [-0.2, 0) is 16.0 Å². The van der Waals surface area contributed by atoms with Gasteiger partial charge in [0.2, 0.25) is 5.91 Å². The monoisotopic (exact) mass is 331 g/mol. The van der Waals surface area contributed by atoms with Crippen molar-refractivity contribution in [3.05, 3.63) is 29.3 Å². The molecule has 2 N–H and O–H groups in total. The van der Waals surface area contributed by atoms with Crippen LogP contribution in [0, 0.1) is 5.92 Å². The minimum absolute atomic E-state index is 0.161. The van der Waals surface area contributed by atoms with Gasteiger partial charge in [0.15, 0.2) is 6.04 Å². The van der Waals surface area contributed by atoms with Crippen LogP contribution in [0.15, 0.2) is 18.2 Å². The number of ether oxygens (including phenoxy) is 1. The summed E-state index contributed by atoms with van der Waals surface area (Å²) in [5.41, 5.74) is 1.62. The van der Waals surface area contributed by atoms with Crippen molar-refractivity contribution in [2.24, 2.45) is 5.92 Å². The summed E-state index contributed by atoms with van der Waals surface area (Å²) in [6.45, 7) is 0.630. The van der Waals surface area contributed by atoms with Crippen LogP contribution in [0.25, 0.3) is 0 Å². The molecule has 5 heteroatoms. The standard InChI is InChI=1S/C19H25NO4/c21-17(11-13-5-3-1-2-4-6-13)20-18(19(22)23)15-7-8-16-14(12-15)9-10-24-16/h7-8,12-13,18H,1-6,9-11H2,(H,20,21)(H,22,23). The zero-order chi connectivity index (χ0) is 16.9. The number of hydrogen-bond donors (Lipinski definition) is 2. The first-order valence-electron chi connectivity index (χ1n) is 8.91. The van der Waals surface area contributed by atoms with Crippen molar-refractivity contribution >= 4 is 11.9 Å². The number of carbonyl (C=O) groups excluding carboxylic acids is 1. The Balaban J connectivity index is 1.65. The number of fused-ring (bicyclic) bond motifs is 1. The predicted octanol–water partition coefficient (Wildman–Crippen LogP) is 3.22. The molecule has 1 unspecified atom stereocenters. The van der Waals surface area contributed by atoms with E-state index in [2.05, 4.69) is 5.32 Å². The minimum Gasteiger partial charge on any atom is -0.493 e. The van der Waals surface area contributed by atoms with E-state index in [1.165, 1.54) is 25.7 Å². The highest BCUT2D eigenvalue weighted by molar-refractivity contribution is 5.84. The van der Waals surface area contributed by atoms with Gasteiger partial charge in [0, 0.05) is 12.8 Å². The number of rotatable bonds is 5. The van der Waals surface area contributed by atoms with Crippen molar-refractivity contribution in [3.63, 3.8) is 0 Å². The second-order valence-corrected chi connectivity index (χ2v) is 6.87. The maximum Gasteiger partial charge on any atom is 0.330 e. The van der Waals surface area contributed by atoms with Gasteiger partial charge in [-0.15, -0.1) is 0 Å². The van der Waals surface area contributed by atoms with Crippen molar-refractivity contribution in [3.8, 4) is 5.75 Å². The van der Waals surface area contributed by atoms with Crippen LogP contribution < -0.4 is 10.1 Å². The van der Waals surface area contributed by atoms with Crippen LogP contribution in [-0.4, -0.2) is 23.6 Å². The van der Waals surface area contributed by atoms with Crippen molar-refractivity contribution in [2.45, 2.75) is 57.4 Å². The molecule has 0 radical (unpaired) electrons. The van der Waals surface area contributed by atoms with E-state index in [0.29, 0.717) is 24.5 Å². The number of aliphatic carboxylic acids is 1. The SMILES string of the molecule is O=C(CC1CCCCCC1)NC(C(=O)O)c1ccc2c(c1)CCO2. The second-order valence-electron chi connectivity index (χ2n) is 6.87. The summed E-state index contributed by atoms with van der Waals surface area (Å²) in [5.74, 6) is 0.0113. The maximum atomic E-state index is 12.3. The number of benzene rings is 1. The van der Waals surface area contributed by atoms with Gasteiger partial charge in [-0.2, -0.15) is 0 Å². The fourth-order valence-corrected chi connectivity index (χ4v) is 3.72. The van der Waals surface area contributed by atoms with Gasteiger partial charge in [0.1, 0.15) is 5.75 Å². The van der Waals surface area contributed by atoms with E-state index < -0.39 is 12.0 Å². The van der Waals surface area contributed by atoms with E-state index in [1.807, 2.05) is 6.07 Å². The molecule has 1 aliphatic heterocycles.